The minimum atomic E-state index is 0.809. The van der Waals surface area contributed by atoms with E-state index in [-0.39, 0.29) is 0 Å². The Hall–Kier alpha value is -0.940. The number of aromatic nitrogens is 2. The minimum absolute atomic E-state index is 0.809. The van der Waals surface area contributed by atoms with Crippen LogP contribution in [0.25, 0.3) is 10.7 Å². The number of nitrogens with zero attached hydrogens (tertiary/aromatic N) is 2. The zero-order chi connectivity index (χ0) is 13.0. The van der Waals surface area contributed by atoms with Gasteiger partial charge in [-0.15, -0.1) is 11.3 Å². The molecule has 0 spiro atoms. The summed E-state index contributed by atoms with van der Waals surface area (Å²) in [6, 6.07) is 6.11. The number of aryl methyl sites for hydroxylation is 1. The molecule has 0 bridgehead atoms. The predicted octanol–water partition coefficient (Wildman–Crippen LogP) is 4.35. The number of thiophene rings is 1. The molecule has 18 heavy (non-hydrogen) atoms. The summed E-state index contributed by atoms with van der Waals surface area (Å²) in [5.41, 5.74) is 1.07. The summed E-state index contributed by atoms with van der Waals surface area (Å²) in [6.45, 7) is 5.19. The van der Waals surface area contributed by atoms with E-state index in [0.717, 1.165) is 45.4 Å². The molecule has 0 fully saturated rings. The highest BCUT2D eigenvalue weighted by molar-refractivity contribution is 9.11. The van der Waals surface area contributed by atoms with Crippen molar-refractivity contribution in [1.82, 2.24) is 9.97 Å². The van der Waals surface area contributed by atoms with E-state index in [1.807, 2.05) is 18.2 Å². The highest BCUT2D eigenvalue weighted by Gasteiger charge is 2.08. The zero-order valence-electron chi connectivity index (χ0n) is 10.5. The Labute approximate surface area is 120 Å². The average Bonchev–Trinajstić information content (AvgIpc) is 2.82. The maximum absolute atomic E-state index is 4.58. The van der Waals surface area contributed by atoms with E-state index in [1.165, 1.54) is 0 Å². The second-order valence-electron chi connectivity index (χ2n) is 3.95. The number of anilines is 1. The standard InChI is InChI=1S/C13H16BrN3S/c1-3-7-15-12-8-9(4-2)16-13(17-12)10-5-6-11(14)18-10/h5-6,8H,3-4,7H2,1-2H3,(H,15,16,17). The van der Waals surface area contributed by atoms with Crippen LogP contribution in [0.15, 0.2) is 22.0 Å². The predicted molar refractivity (Wildman–Crippen MR) is 81.2 cm³/mol. The van der Waals surface area contributed by atoms with Gasteiger partial charge in [0.25, 0.3) is 0 Å². The van der Waals surface area contributed by atoms with Crippen LogP contribution < -0.4 is 5.32 Å². The molecule has 2 rings (SSSR count). The lowest BCUT2D eigenvalue weighted by Crippen LogP contribution is -2.05. The van der Waals surface area contributed by atoms with Gasteiger partial charge in [0.15, 0.2) is 5.82 Å². The summed E-state index contributed by atoms with van der Waals surface area (Å²) in [7, 11) is 0. The van der Waals surface area contributed by atoms with Crippen LogP contribution in [0.5, 0.6) is 0 Å². The summed E-state index contributed by atoms with van der Waals surface area (Å²) >= 11 is 5.13. The zero-order valence-corrected chi connectivity index (χ0v) is 12.9. The lowest BCUT2D eigenvalue weighted by Gasteiger charge is -2.07. The SMILES string of the molecule is CCCNc1cc(CC)nc(-c2ccc(Br)s2)n1. The molecule has 3 nitrogen and oxygen atoms in total. The van der Waals surface area contributed by atoms with Crippen molar-refractivity contribution in [1.29, 1.82) is 0 Å². The fourth-order valence-electron chi connectivity index (χ4n) is 1.57. The highest BCUT2D eigenvalue weighted by atomic mass is 79.9. The molecule has 1 N–H and O–H groups in total. The van der Waals surface area contributed by atoms with Gasteiger partial charge in [-0.05, 0) is 40.9 Å². The van der Waals surface area contributed by atoms with Crippen LogP contribution in [0, 0.1) is 0 Å². The molecule has 2 aromatic rings. The van der Waals surface area contributed by atoms with E-state index in [4.69, 9.17) is 0 Å². The van der Waals surface area contributed by atoms with Crippen molar-refractivity contribution in [2.24, 2.45) is 0 Å². The molecule has 0 atom stereocenters. The molecule has 5 heteroatoms. The molecule has 0 aliphatic rings. The van der Waals surface area contributed by atoms with Crippen molar-refractivity contribution in [2.45, 2.75) is 26.7 Å². The largest absolute Gasteiger partial charge is 0.370 e. The van der Waals surface area contributed by atoms with E-state index < -0.39 is 0 Å². The Bertz CT molecular complexity index is 525. The first-order valence-electron chi connectivity index (χ1n) is 6.10. The molecule has 0 saturated heterocycles. The number of nitrogens with one attached hydrogen (secondary N) is 1. The maximum atomic E-state index is 4.58. The molecule has 0 saturated carbocycles. The van der Waals surface area contributed by atoms with Crippen LogP contribution in [-0.4, -0.2) is 16.5 Å². The molecular formula is C13H16BrN3S. The van der Waals surface area contributed by atoms with Gasteiger partial charge in [-0.2, -0.15) is 0 Å². The van der Waals surface area contributed by atoms with Crippen LogP contribution in [0.2, 0.25) is 0 Å². The lowest BCUT2D eigenvalue weighted by atomic mass is 10.3. The van der Waals surface area contributed by atoms with Crippen LogP contribution in [0.3, 0.4) is 0 Å². The molecule has 96 valence electrons. The van der Waals surface area contributed by atoms with E-state index in [9.17, 15) is 0 Å². The molecule has 0 aromatic carbocycles. The summed E-state index contributed by atoms with van der Waals surface area (Å²) in [6.07, 6.45) is 2.01. The number of halogens is 1. The third kappa shape index (κ3) is 3.29. The first kappa shape index (κ1) is 13.5. The highest BCUT2D eigenvalue weighted by Crippen LogP contribution is 2.29. The van der Waals surface area contributed by atoms with Gasteiger partial charge < -0.3 is 5.32 Å². The van der Waals surface area contributed by atoms with Gasteiger partial charge in [0.2, 0.25) is 0 Å². The Morgan fingerprint density at radius 3 is 2.72 bits per heavy atom. The minimum Gasteiger partial charge on any atom is -0.370 e. The van der Waals surface area contributed by atoms with E-state index in [1.54, 1.807) is 11.3 Å². The lowest BCUT2D eigenvalue weighted by molar-refractivity contribution is 0.952. The van der Waals surface area contributed by atoms with Gasteiger partial charge in [0, 0.05) is 18.3 Å². The third-order valence-electron chi connectivity index (χ3n) is 2.49. The van der Waals surface area contributed by atoms with Gasteiger partial charge in [0.1, 0.15) is 5.82 Å². The fraction of sp³-hybridized carbons (Fsp3) is 0.385. The Morgan fingerprint density at radius 2 is 2.11 bits per heavy atom. The molecule has 0 radical (unpaired) electrons. The molecular weight excluding hydrogens is 310 g/mol. The fourth-order valence-corrected chi connectivity index (χ4v) is 2.89. The summed E-state index contributed by atoms with van der Waals surface area (Å²) in [5.74, 6) is 1.73. The van der Waals surface area contributed by atoms with Crippen molar-refractivity contribution in [3.05, 3.63) is 27.7 Å². The second-order valence-corrected chi connectivity index (χ2v) is 6.42. The molecule has 2 heterocycles. The molecule has 0 aliphatic carbocycles. The van der Waals surface area contributed by atoms with Crippen LogP contribution in [-0.2, 0) is 6.42 Å². The van der Waals surface area contributed by atoms with Crippen molar-refractivity contribution >= 4 is 33.1 Å². The first-order valence-corrected chi connectivity index (χ1v) is 7.71. The average molecular weight is 326 g/mol. The van der Waals surface area contributed by atoms with Crippen molar-refractivity contribution in [3.63, 3.8) is 0 Å². The van der Waals surface area contributed by atoms with Crippen molar-refractivity contribution in [3.8, 4) is 10.7 Å². The van der Waals surface area contributed by atoms with E-state index in [2.05, 4.69) is 45.1 Å². The topological polar surface area (TPSA) is 37.8 Å². The van der Waals surface area contributed by atoms with Crippen molar-refractivity contribution in [2.75, 3.05) is 11.9 Å². The van der Waals surface area contributed by atoms with E-state index in [0.29, 0.717) is 0 Å². The van der Waals surface area contributed by atoms with Crippen LogP contribution in [0.4, 0.5) is 5.82 Å². The Kier molecular flexibility index (Phi) is 4.72. The van der Waals surface area contributed by atoms with Gasteiger partial charge in [-0.1, -0.05) is 13.8 Å². The second kappa shape index (κ2) is 6.29. The van der Waals surface area contributed by atoms with Crippen LogP contribution in [0.1, 0.15) is 26.0 Å². The molecule has 2 aromatic heterocycles. The van der Waals surface area contributed by atoms with Gasteiger partial charge in [-0.25, -0.2) is 9.97 Å². The monoisotopic (exact) mass is 325 g/mol. The number of rotatable bonds is 5. The van der Waals surface area contributed by atoms with Crippen LogP contribution >= 0.6 is 27.3 Å². The Morgan fingerprint density at radius 1 is 1.28 bits per heavy atom. The smallest absolute Gasteiger partial charge is 0.171 e. The summed E-state index contributed by atoms with van der Waals surface area (Å²) in [4.78, 5) is 10.2. The first-order chi connectivity index (χ1) is 8.72. The molecule has 0 amide bonds. The summed E-state index contributed by atoms with van der Waals surface area (Å²) < 4.78 is 1.10. The normalized spacial score (nSPS) is 10.6. The van der Waals surface area contributed by atoms with E-state index >= 15 is 0 Å². The quantitative estimate of drug-likeness (QED) is 0.887. The third-order valence-corrected chi connectivity index (χ3v) is 4.11. The van der Waals surface area contributed by atoms with Gasteiger partial charge >= 0.3 is 0 Å². The molecule has 0 aliphatic heterocycles. The molecule has 0 unspecified atom stereocenters. The number of hydrogen-bond donors (Lipinski definition) is 1. The maximum Gasteiger partial charge on any atom is 0.171 e. The van der Waals surface area contributed by atoms with Gasteiger partial charge in [0.05, 0.1) is 8.66 Å². The Balaban J connectivity index is 2.34. The van der Waals surface area contributed by atoms with Gasteiger partial charge in [-0.3, -0.25) is 0 Å². The summed E-state index contributed by atoms with van der Waals surface area (Å²) in [5, 5.41) is 3.33. The number of hydrogen-bond acceptors (Lipinski definition) is 4. The van der Waals surface area contributed by atoms with Crippen molar-refractivity contribution < 1.29 is 0 Å².